The van der Waals surface area contributed by atoms with Gasteiger partial charge in [0.25, 0.3) is 5.91 Å². The maximum Gasteiger partial charge on any atom is 0.254 e. The van der Waals surface area contributed by atoms with E-state index in [1.165, 1.54) is 12.7 Å². The van der Waals surface area contributed by atoms with Crippen molar-refractivity contribution in [3.8, 4) is 0 Å². The lowest BCUT2D eigenvalue weighted by atomic mass is 10.1. The van der Waals surface area contributed by atoms with Crippen molar-refractivity contribution in [1.82, 2.24) is 5.32 Å². The van der Waals surface area contributed by atoms with Crippen molar-refractivity contribution in [2.24, 2.45) is 5.92 Å². The predicted octanol–water partition coefficient (Wildman–Crippen LogP) is 2.73. The summed E-state index contributed by atoms with van der Waals surface area (Å²) in [7, 11) is 0. The summed E-state index contributed by atoms with van der Waals surface area (Å²) in [4.78, 5) is 11.8. The smallest absolute Gasteiger partial charge is 0.254 e. The van der Waals surface area contributed by atoms with E-state index in [-0.39, 0.29) is 11.3 Å². The van der Waals surface area contributed by atoms with Crippen molar-refractivity contribution in [2.45, 2.75) is 31.6 Å². The van der Waals surface area contributed by atoms with Crippen LogP contribution in [-0.4, -0.2) is 17.8 Å². The van der Waals surface area contributed by atoms with Crippen molar-refractivity contribution in [3.05, 3.63) is 23.7 Å². The number of hydrogen-bond acceptors (Lipinski definition) is 2. The van der Waals surface area contributed by atoms with Crippen LogP contribution in [0.1, 0.15) is 35.4 Å². The van der Waals surface area contributed by atoms with Crippen LogP contribution in [0, 0.1) is 12.8 Å². The molecule has 1 aliphatic rings. The topological polar surface area (TPSA) is 42.2 Å². The molecule has 2 atom stereocenters. The summed E-state index contributed by atoms with van der Waals surface area (Å²) in [5, 5.41) is 3.13. The Morgan fingerprint density at radius 1 is 1.62 bits per heavy atom. The molecular weight excluding hydrogens is 226 g/mol. The van der Waals surface area contributed by atoms with Crippen LogP contribution in [0.3, 0.4) is 0 Å². The van der Waals surface area contributed by atoms with Crippen molar-refractivity contribution in [1.29, 1.82) is 0 Å². The summed E-state index contributed by atoms with van der Waals surface area (Å²) in [5.74, 6) is 1.01. The number of carbonyl (C=O) groups is 1. The normalized spacial score (nSPS) is 24.6. The highest BCUT2D eigenvalue weighted by Gasteiger charge is 2.25. The van der Waals surface area contributed by atoms with Gasteiger partial charge in [-0.2, -0.15) is 0 Å². The monoisotopic (exact) mass is 241 g/mol. The molecule has 1 aliphatic carbocycles. The van der Waals surface area contributed by atoms with E-state index in [0.29, 0.717) is 23.8 Å². The van der Waals surface area contributed by atoms with Gasteiger partial charge in [-0.25, -0.2) is 0 Å². The molecule has 1 aromatic heterocycles. The molecule has 0 radical (unpaired) electrons. The number of rotatable bonds is 3. The van der Waals surface area contributed by atoms with Crippen LogP contribution in [0.5, 0.6) is 0 Å². The van der Waals surface area contributed by atoms with Gasteiger partial charge >= 0.3 is 0 Å². The number of aryl methyl sites for hydroxylation is 1. The Balaban J connectivity index is 1.86. The Labute approximate surface area is 100 Å². The highest BCUT2D eigenvalue weighted by Crippen LogP contribution is 2.29. The SMILES string of the molecule is Cc1occc1C(=O)NCC1CCCC1Cl. The molecule has 2 rings (SSSR count). The zero-order valence-corrected chi connectivity index (χ0v) is 10.1. The molecule has 0 aromatic carbocycles. The van der Waals surface area contributed by atoms with E-state index in [1.54, 1.807) is 13.0 Å². The Morgan fingerprint density at radius 3 is 3.00 bits per heavy atom. The van der Waals surface area contributed by atoms with Gasteiger partial charge in [0.1, 0.15) is 5.76 Å². The highest BCUT2D eigenvalue weighted by molar-refractivity contribution is 6.21. The van der Waals surface area contributed by atoms with Crippen LogP contribution in [0.4, 0.5) is 0 Å². The molecule has 1 amide bonds. The summed E-state index contributed by atoms with van der Waals surface area (Å²) in [6.45, 7) is 2.45. The first-order valence-corrected chi connectivity index (χ1v) is 6.08. The first-order chi connectivity index (χ1) is 7.68. The van der Waals surface area contributed by atoms with Crippen LogP contribution in [0.25, 0.3) is 0 Å². The molecule has 0 spiro atoms. The first kappa shape index (κ1) is 11.5. The number of furan rings is 1. The zero-order chi connectivity index (χ0) is 11.5. The summed E-state index contributed by atoms with van der Waals surface area (Å²) in [6, 6.07) is 1.69. The van der Waals surface area contributed by atoms with E-state index in [0.717, 1.165) is 12.8 Å². The second-order valence-corrected chi connectivity index (χ2v) is 4.87. The van der Waals surface area contributed by atoms with Crippen LogP contribution < -0.4 is 5.32 Å². The average Bonchev–Trinajstić information content (AvgIpc) is 2.84. The van der Waals surface area contributed by atoms with Gasteiger partial charge in [-0.1, -0.05) is 6.42 Å². The van der Waals surface area contributed by atoms with E-state index in [2.05, 4.69) is 5.32 Å². The largest absolute Gasteiger partial charge is 0.469 e. The Bertz CT molecular complexity index is 375. The van der Waals surface area contributed by atoms with Crippen molar-refractivity contribution in [2.75, 3.05) is 6.54 Å². The summed E-state index contributed by atoms with van der Waals surface area (Å²) in [6.07, 6.45) is 4.87. The van der Waals surface area contributed by atoms with Gasteiger partial charge in [0, 0.05) is 11.9 Å². The zero-order valence-electron chi connectivity index (χ0n) is 9.33. The molecule has 4 heteroatoms. The number of halogens is 1. The Hall–Kier alpha value is -0.960. The van der Waals surface area contributed by atoms with Crippen molar-refractivity contribution in [3.63, 3.8) is 0 Å². The molecule has 1 N–H and O–H groups in total. The van der Waals surface area contributed by atoms with Gasteiger partial charge in [0.2, 0.25) is 0 Å². The third-order valence-corrected chi connectivity index (χ3v) is 3.77. The fraction of sp³-hybridized carbons (Fsp3) is 0.583. The standard InChI is InChI=1S/C12H16ClNO2/c1-8-10(5-6-16-8)12(15)14-7-9-3-2-4-11(9)13/h5-6,9,11H,2-4,7H2,1H3,(H,14,15). The summed E-state index contributed by atoms with van der Waals surface area (Å²) >= 11 is 6.15. The lowest BCUT2D eigenvalue weighted by molar-refractivity contribution is 0.0946. The third-order valence-electron chi connectivity index (χ3n) is 3.19. The van der Waals surface area contributed by atoms with E-state index >= 15 is 0 Å². The number of nitrogens with one attached hydrogen (secondary N) is 1. The fourth-order valence-corrected chi connectivity index (χ4v) is 2.53. The fourth-order valence-electron chi connectivity index (χ4n) is 2.16. The maximum absolute atomic E-state index is 11.8. The average molecular weight is 242 g/mol. The van der Waals surface area contributed by atoms with E-state index in [1.807, 2.05) is 0 Å². The summed E-state index contributed by atoms with van der Waals surface area (Å²) in [5.41, 5.74) is 0.615. The first-order valence-electron chi connectivity index (χ1n) is 5.65. The van der Waals surface area contributed by atoms with Gasteiger partial charge in [0.05, 0.1) is 11.8 Å². The van der Waals surface area contributed by atoms with Gasteiger partial charge < -0.3 is 9.73 Å². The van der Waals surface area contributed by atoms with Gasteiger partial charge in [-0.15, -0.1) is 11.6 Å². The van der Waals surface area contributed by atoms with E-state index in [4.69, 9.17) is 16.0 Å². The number of amides is 1. The lowest BCUT2D eigenvalue weighted by Crippen LogP contribution is -2.31. The lowest BCUT2D eigenvalue weighted by Gasteiger charge is -2.14. The molecule has 1 heterocycles. The second-order valence-electron chi connectivity index (χ2n) is 4.31. The van der Waals surface area contributed by atoms with Gasteiger partial charge in [0.15, 0.2) is 0 Å². The minimum atomic E-state index is -0.0676. The van der Waals surface area contributed by atoms with Gasteiger partial charge in [-0.3, -0.25) is 4.79 Å². The molecule has 16 heavy (non-hydrogen) atoms. The molecule has 0 bridgehead atoms. The molecule has 88 valence electrons. The van der Waals surface area contributed by atoms with Crippen molar-refractivity contribution >= 4 is 17.5 Å². The number of alkyl halides is 1. The molecule has 0 saturated heterocycles. The van der Waals surface area contributed by atoms with Crippen LogP contribution in [0.2, 0.25) is 0 Å². The molecule has 0 aliphatic heterocycles. The van der Waals surface area contributed by atoms with Crippen LogP contribution in [0.15, 0.2) is 16.7 Å². The number of hydrogen-bond donors (Lipinski definition) is 1. The molecule has 1 fully saturated rings. The third kappa shape index (κ3) is 2.40. The highest BCUT2D eigenvalue weighted by atomic mass is 35.5. The Kier molecular flexibility index (Phi) is 3.54. The molecule has 1 saturated carbocycles. The summed E-state index contributed by atoms with van der Waals surface area (Å²) < 4.78 is 5.09. The van der Waals surface area contributed by atoms with Crippen molar-refractivity contribution < 1.29 is 9.21 Å². The predicted molar refractivity (Wildman–Crippen MR) is 62.8 cm³/mol. The molecule has 2 unspecified atom stereocenters. The maximum atomic E-state index is 11.8. The van der Waals surface area contributed by atoms with E-state index < -0.39 is 0 Å². The quantitative estimate of drug-likeness (QED) is 0.827. The Morgan fingerprint density at radius 2 is 2.44 bits per heavy atom. The van der Waals surface area contributed by atoms with Gasteiger partial charge in [-0.05, 0) is 31.7 Å². The molecule has 1 aromatic rings. The minimum Gasteiger partial charge on any atom is -0.469 e. The molecule has 3 nitrogen and oxygen atoms in total. The van der Waals surface area contributed by atoms with E-state index in [9.17, 15) is 4.79 Å². The van der Waals surface area contributed by atoms with Crippen LogP contribution in [-0.2, 0) is 0 Å². The second kappa shape index (κ2) is 4.91. The number of carbonyl (C=O) groups excluding carboxylic acids is 1. The van der Waals surface area contributed by atoms with Crippen LogP contribution >= 0.6 is 11.6 Å². The molecular formula is C12H16ClNO2. The minimum absolute atomic E-state index is 0.0676.